The van der Waals surface area contributed by atoms with Gasteiger partial charge in [0.2, 0.25) is 0 Å². The zero-order valence-electron chi connectivity index (χ0n) is 33.5. The first-order valence-corrected chi connectivity index (χ1v) is 18.6. The summed E-state index contributed by atoms with van der Waals surface area (Å²) < 4.78 is 0. The second-order valence-corrected chi connectivity index (χ2v) is 14.9. The molecule has 0 spiro atoms. The largest absolute Gasteiger partial charge is 0.0587 e. The molecular formula is C52H56. The van der Waals surface area contributed by atoms with E-state index < -0.39 is 0 Å². The predicted molar refractivity (Wildman–Crippen MR) is 233 cm³/mol. The fraction of sp³-hybridized carbons (Fsp3) is 0.231. The molecule has 0 aliphatic carbocycles. The lowest BCUT2D eigenvalue weighted by Crippen LogP contribution is -1.88. The van der Waals surface area contributed by atoms with Crippen molar-refractivity contribution in [1.82, 2.24) is 0 Å². The van der Waals surface area contributed by atoms with Crippen molar-refractivity contribution in [3.05, 3.63) is 188 Å². The average molecular weight is 681 g/mol. The van der Waals surface area contributed by atoms with E-state index in [2.05, 4.69) is 204 Å². The summed E-state index contributed by atoms with van der Waals surface area (Å²) in [5, 5.41) is 10.9. The summed E-state index contributed by atoms with van der Waals surface area (Å²) in [4.78, 5) is 0. The Labute approximate surface area is 313 Å². The molecule has 8 aromatic carbocycles. The molecule has 0 aliphatic heterocycles. The van der Waals surface area contributed by atoms with E-state index in [0.717, 1.165) is 0 Å². The lowest BCUT2D eigenvalue weighted by molar-refractivity contribution is 1.34. The van der Waals surface area contributed by atoms with E-state index in [9.17, 15) is 0 Å². The summed E-state index contributed by atoms with van der Waals surface area (Å²) in [5.41, 5.74) is 16.4. The zero-order chi connectivity index (χ0) is 37.7. The Bertz CT molecular complexity index is 2350. The smallest absolute Gasteiger partial charge is 0.0149 e. The Morgan fingerprint density at radius 3 is 0.788 bits per heavy atom. The van der Waals surface area contributed by atoms with Crippen LogP contribution in [0.25, 0.3) is 43.1 Å². The molecule has 0 nitrogen and oxygen atoms in total. The molecule has 0 atom stereocenters. The second kappa shape index (κ2) is 16.4. The third kappa shape index (κ3) is 8.80. The fourth-order valence-corrected chi connectivity index (χ4v) is 6.84. The Morgan fingerprint density at radius 2 is 0.442 bits per heavy atom. The van der Waals surface area contributed by atoms with Gasteiger partial charge in [-0.25, -0.2) is 0 Å². The highest BCUT2D eigenvalue weighted by molar-refractivity contribution is 5.90. The van der Waals surface area contributed by atoms with Crippen molar-refractivity contribution in [3.63, 3.8) is 0 Å². The van der Waals surface area contributed by atoms with Crippen LogP contribution in [0, 0.1) is 83.1 Å². The standard InChI is InChI=1S/C14H16.2C13H14.C12H12/c1-9-5-7-14-12(4)10(2)6-8-13(14)11(9)3;2*1-9-4-7-13-11(3)10(2)5-6-12(13)8-9;1-9-3-5-12-8-10(2)4-6-11(12)7-9/h5-8H,1-4H3;2*4-8H,1-3H3;3-8H,1-2H3. The van der Waals surface area contributed by atoms with Crippen LogP contribution < -0.4 is 0 Å². The van der Waals surface area contributed by atoms with Gasteiger partial charge in [0.1, 0.15) is 0 Å². The first-order chi connectivity index (χ1) is 24.7. The van der Waals surface area contributed by atoms with Crippen molar-refractivity contribution in [2.45, 2.75) is 83.1 Å². The number of hydrogen-bond acceptors (Lipinski definition) is 0. The number of benzene rings is 8. The summed E-state index contributed by atoms with van der Waals surface area (Å²) in [6.07, 6.45) is 0. The highest BCUT2D eigenvalue weighted by Crippen LogP contribution is 2.27. The van der Waals surface area contributed by atoms with E-state index in [4.69, 9.17) is 0 Å². The van der Waals surface area contributed by atoms with Gasteiger partial charge in [-0.15, -0.1) is 0 Å². The van der Waals surface area contributed by atoms with Crippen LogP contribution in [-0.4, -0.2) is 0 Å². The van der Waals surface area contributed by atoms with Crippen molar-refractivity contribution in [1.29, 1.82) is 0 Å². The van der Waals surface area contributed by atoms with Gasteiger partial charge >= 0.3 is 0 Å². The molecule has 0 aliphatic rings. The zero-order valence-corrected chi connectivity index (χ0v) is 33.5. The summed E-state index contributed by atoms with van der Waals surface area (Å²) in [7, 11) is 0. The summed E-state index contributed by atoms with van der Waals surface area (Å²) in [6.45, 7) is 26.0. The van der Waals surface area contributed by atoms with Gasteiger partial charge in [0.25, 0.3) is 0 Å². The van der Waals surface area contributed by atoms with Crippen LogP contribution in [0.4, 0.5) is 0 Å². The molecule has 0 saturated carbocycles. The van der Waals surface area contributed by atoms with Crippen molar-refractivity contribution in [2.75, 3.05) is 0 Å². The van der Waals surface area contributed by atoms with E-state index in [0.29, 0.717) is 0 Å². The summed E-state index contributed by atoms with van der Waals surface area (Å²) in [5.74, 6) is 0. The first kappa shape index (κ1) is 38.0. The van der Waals surface area contributed by atoms with Gasteiger partial charge in [0, 0.05) is 0 Å². The minimum absolute atomic E-state index is 1.33. The Morgan fingerprint density at radius 1 is 0.212 bits per heavy atom. The molecule has 0 heteroatoms. The molecule has 264 valence electrons. The van der Waals surface area contributed by atoms with Gasteiger partial charge in [-0.3, -0.25) is 0 Å². The van der Waals surface area contributed by atoms with Gasteiger partial charge in [0.15, 0.2) is 0 Å². The van der Waals surface area contributed by atoms with Crippen molar-refractivity contribution in [3.8, 4) is 0 Å². The molecule has 0 fully saturated rings. The van der Waals surface area contributed by atoms with Crippen LogP contribution in [0.2, 0.25) is 0 Å². The van der Waals surface area contributed by atoms with E-state index in [1.165, 1.54) is 110 Å². The third-order valence-corrected chi connectivity index (χ3v) is 10.9. The summed E-state index contributed by atoms with van der Waals surface area (Å²) >= 11 is 0. The van der Waals surface area contributed by atoms with Gasteiger partial charge in [-0.05, 0) is 171 Å². The Kier molecular flexibility index (Phi) is 12.0. The van der Waals surface area contributed by atoms with Gasteiger partial charge < -0.3 is 0 Å². The normalized spacial score (nSPS) is 10.7. The Balaban J connectivity index is 0.000000134. The van der Waals surface area contributed by atoms with Crippen LogP contribution in [-0.2, 0) is 0 Å². The van der Waals surface area contributed by atoms with Crippen LogP contribution in [0.3, 0.4) is 0 Å². The number of rotatable bonds is 0. The van der Waals surface area contributed by atoms with E-state index in [1.807, 2.05) is 0 Å². The van der Waals surface area contributed by atoms with Crippen molar-refractivity contribution < 1.29 is 0 Å². The second-order valence-electron chi connectivity index (χ2n) is 14.9. The summed E-state index contributed by atoms with van der Waals surface area (Å²) in [6, 6.07) is 44.0. The van der Waals surface area contributed by atoms with Crippen molar-refractivity contribution in [2.24, 2.45) is 0 Å². The molecule has 0 heterocycles. The molecule has 0 unspecified atom stereocenters. The third-order valence-electron chi connectivity index (χ3n) is 10.9. The minimum Gasteiger partial charge on any atom is -0.0587 e. The minimum atomic E-state index is 1.33. The molecule has 8 aromatic rings. The predicted octanol–water partition coefficient (Wildman–Crippen LogP) is 15.1. The maximum absolute atomic E-state index is 2.24. The average Bonchev–Trinajstić information content (AvgIpc) is 3.12. The van der Waals surface area contributed by atoms with E-state index in [1.54, 1.807) is 0 Å². The first-order valence-electron chi connectivity index (χ1n) is 18.6. The molecule has 8 rings (SSSR count). The van der Waals surface area contributed by atoms with Gasteiger partial charge in [-0.2, -0.15) is 0 Å². The van der Waals surface area contributed by atoms with E-state index in [-0.39, 0.29) is 0 Å². The van der Waals surface area contributed by atoms with E-state index >= 15 is 0 Å². The SMILES string of the molecule is Cc1ccc2c(C)c(C)ccc2c1.Cc1ccc2c(C)c(C)ccc2c1.Cc1ccc2c(C)c(C)ccc2c1C.Cc1ccc2cc(C)ccc2c1. The number of hydrogen-bond donors (Lipinski definition) is 0. The monoisotopic (exact) mass is 680 g/mol. The van der Waals surface area contributed by atoms with Crippen LogP contribution >= 0.6 is 0 Å². The van der Waals surface area contributed by atoms with Gasteiger partial charge in [-0.1, -0.05) is 144 Å². The quantitative estimate of drug-likeness (QED) is 0.150. The van der Waals surface area contributed by atoms with Crippen molar-refractivity contribution >= 4 is 43.1 Å². The highest BCUT2D eigenvalue weighted by atomic mass is 14.1. The van der Waals surface area contributed by atoms with Crippen LogP contribution in [0.15, 0.2) is 121 Å². The van der Waals surface area contributed by atoms with Crippen LogP contribution in [0.5, 0.6) is 0 Å². The maximum atomic E-state index is 2.24. The molecule has 0 aromatic heterocycles. The lowest BCUT2D eigenvalue weighted by Gasteiger charge is -2.09. The molecule has 0 radical (unpaired) electrons. The molecule has 52 heavy (non-hydrogen) atoms. The highest BCUT2D eigenvalue weighted by Gasteiger charge is 2.04. The van der Waals surface area contributed by atoms with Crippen LogP contribution in [0.1, 0.15) is 66.8 Å². The molecule has 0 N–H and O–H groups in total. The molecule has 0 amide bonds. The topological polar surface area (TPSA) is 0 Å². The molecular weight excluding hydrogens is 625 g/mol. The number of aryl methyl sites for hydroxylation is 12. The number of fused-ring (bicyclic) bond motifs is 4. The fourth-order valence-electron chi connectivity index (χ4n) is 6.84. The van der Waals surface area contributed by atoms with Gasteiger partial charge in [0.05, 0.1) is 0 Å². The lowest BCUT2D eigenvalue weighted by atomic mass is 9.95. The Hall–Kier alpha value is -5.20. The maximum Gasteiger partial charge on any atom is -0.0149 e. The molecule has 0 bridgehead atoms. The molecule has 0 saturated heterocycles.